The summed E-state index contributed by atoms with van der Waals surface area (Å²) < 4.78 is 6.24. The van der Waals surface area contributed by atoms with E-state index in [1.165, 1.54) is 17.2 Å². The van der Waals surface area contributed by atoms with Gasteiger partial charge in [-0.05, 0) is 12.1 Å². The van der Waals surface area contributed by atoms with Crippen molar-refractivity contribution >= 4 is 12.2 Å². The van der Waals surface area contributed by atoms with Crippen molar-refractivity contribution < 1.29 is 4.42 Å². The lowest BCUT2D eigenvalue weighted by molar-refractivity contribution is 0.560. The number of nitrogens with zero attached hydrogens (tertiary/aromatic N) is 4. The molecule has 0 aliphatic rings. The zero-order chi connectivity index (χ0) is 9.80. The van der Waals surface area contributed by atoms with Gasteiger partial charge in [0.05, 0.1) is 12.5 Å². The number of anilines is 1. The smallest absolute Gasteiger partial charge is 0.263 e. The number of hydrogen-bond acceptors (Lipinski definition) is 6. The molecule has 0 amide bonds. The zero-order valence-corrected chi connectivity index (χ0v) is 7.16. The molecule has 0 saturated heterocycles. The number of hydrazone groups is 1. The topological polar surface area (TPSA) is 94.3 Å². The summed E-state index contributed by atoms with van der Waals surface area (Å²) in [5.41, 5.74) is 2.60. The van der Waals surface area contributed by atoms with Gasteiger partial charge in [-0.1, -0.05) is 0 Å². The fourth-order valence-corrected chi connectivity index (χ4v) is 0.841. The molecule has 14 heavy (non-hydrogen) atoms. The van der Waals surface area contributed by atoms with Crippen LogP contribution in [-0.2, 0) is 0 Å². The first-order valence-corrected chi connectivity index (χ1v) is 3.84. The second-order valence-corrected chi connectivity index (χ2v) is 2.45. The van der Waals surface area contributed by atoms with Gasteiger partial charge in [0, 0.05) is 0 Å². The molecular weight excluding hydrogens is 184 g/mol. The first-order chi connectivity index (χ1) is 6.86. The Labute approximate surface area is 79.2 Å². The minimum absolute atomic E-state index is 0.354. The van der Waals surface area contributed by atoms with Gasteiger partial charge < -0.3 is 10.3 Å². The third-order valence-electron chi connectivity index (χ3n) is 1.47. The third kappa shape index (κ3) is 1.71. The summed E-state index contributed by atoms with van der Waals surface area (Å²) in [6, 6.07) is 3.55. The number of nitrogens with two attached hydrogens (primary N) is 1. The van der Waals surface area contributed by atoms with Crippen LogP contribution in [0.1, 0.15) is 5.76 Å². The van der Waals surface area contributed by atoms with Gasteiger partial charge >= 0.3 is 0 Å². The average Bonchev–Trinajstić information content (AvgIpc) is 2.78. The normalized spacial score (nSPS) is 10.9. The van der Waals surface area contributed by atoms with Crippen molar-refractivity contribution in [3.63, 3.8) is 0 Å². The van der Waals surface area contributed by atoms with Crippen LogP contribution in [0.5, 0.6) is 0 Å². The lowest BCUT2D eigenvalue weighted by Gasteiger charge is -1.95. The molecule has 3 N–H and O–H groups in total. The van der Waals surface area contributed by atoms with E-state index in [2.05, 4.69) is 20.7 Å². The predicted octanol–water partition coefficient (Wildman–Crippen LogP) is 0.0309. The number of rotatable bonds is 3. The molecule has 0 radical (unpaired) electrons. The van der Waals surface area contributed by atoms with Crippen molar-refractivity contribution in [1.29, 1.82) is 0 Å². The summed E-state index contributed by atoms with van der Waals surface area (Å²) in [6.07, 6.45) is 4.44. The highest BCUT2D eigenvalue weighted by molar-refractivity contribution is 5.76. The molecule has 72 valence electrons. The minimum Gasteiger partial charge on any atom is -0.463 e. The van der Waals surface area contributed by atoms with Gasteiger partial charge in [-0.15, -0.1) is 10.2 Å². The molecule has 2 heterocycles. The standard InChI is InChI=1S/C7H8N6O/c8-13-5-10-12-7(13)11-9-4-6-2-1-3-14-6/h1-5H,8H2,(H,11,12)/b9-4+. The molecule has 0 saturated carbocycles. The Morgan fingerprint density at radius 1 is 1.64 bits per heavy atom. The molecule has 0 unspecified atom stereocenters. The van der Waals surface area contributed by atoms with Crippen LogP contribution < -0.4 is 11.3 Å². The summed E-state index contributed by atoms with van der Waals surface area (Å²) in [4.78, 5) is 0. The van der Waals surface area contributed by atoms with Crippen LogP contribution in [0.25, 0.3) is 0 Å². The van der Waals surface area contributed by atoms with Gasteiger partial charge in [-0.25, -0.2) is 10.1 Å². The van der Waals surface area contributed by atoms with Gasteiger partial charge in [0.1, 0.15) is 12.1 Å². The SMILES string of the molecule is Nn1cnnc1N/N=C/c1ccco1. The average molecular weight is 192 g/mol. The van der Waals surface area contributed by atoms with E-state index in [0.717, 1.165) is 0 Å². The van der Waals surface area contributed by atoms with Crippen LogP contribution in [-0.4, -0.2) is 21.1 Å². The Morgan fingerprint density at radius 2 is 2.57 bits per heavy atom. The van der Waals surface area contributed by atoms with Crippen LogP contribution in [0.2, 0.25) is 0 Å². The molecule has 2 aromatic heterocycles. The van der Waals surface area contributed by atoms with Gasteiger partial charge in [0.25, 0.3) is 5.95 Å². The molecule has 2 aromatic rings. The van der Waals surface area contributed by atoms with E-state index in [1.54, 1.807) is 18.4 Å². The first kappa shape index (κ1) is 8.30. The molecule has 0 aromatic carbocycles. The number of furan rings is 1. The molecule has 0 spiro atoms. The van der Waals surface area contributed by atoms with E-state index in [0.29, 0.717) is 11.7 Å². The fourth-order valence-electron chi connectivity index (χ4n) is 0.841. The molecule has 0 atom stereocenters. The van der Waals surface area contributed by atoms with Crippen LogP contribution in [0.3, 0.4) is 0 Å². The predicted molar refractivity (Wildman–Crippen MR) is 50.1 cm³/mol. The van der Waals surface area contributed by atoms with E-state index in [9.17, 15) is 0 Å². The number of nitrogen functional groups attached to an aromatic ring is 1. The van der Waals surface area contributed by atoms with Crippen LogP contribution in [0, 0.1) is 0 Å². The Morgan fingerprint density at radius 3 is 3.21 bits per heavy atom. The molecule has 2 rings (SSSR count). The quantitative estimate of drug-likeness (QED) is 0.406. The second kappa shape index (κ2) is 3.60. The van der Waals surface area contributed by atoms with Crippen molar-refractivity contribution in [3.05, 3.63) is 30.5 Å². The molecule has 7 nitrogen and oxygen atoms in total. The number of nitrogens with one attached hydrogen (secondary N) is 1. The van der Waals surface area contributed by atoms with Crippen molar-refractivity contribution in [3.8, 4) is 0 Å². The lowest BCUT2D eigenvalue weighted by Crippen LogP contribution is -2.10. The maximum atomic E-state index is 5.43. The Bertz CT molecular complexity index is 417. The fraction of sp³-hybridized carbons (Fsp3) is 0. The zero-order valence-electron chi connectivity index (χ0n) is 7.16. The molecule has 0 aliphatic carbocycles. The van der Waals surface area contributed by atoms with Crippen LogP contribution in [0.4, 0.5) is 5.95 Å². The third-order valence-corrected chi connectivity index (χ3v) is 1.47. The maximum absolute atomic E-state index is 5.43. The molecule has 0 fully saturated rings. The minimum atomic E-state index is 0.354. The Kier molecular flexibility index (Phi) is 2.14. The van der Waals surface area contributed by atoms with Crippen molar-refractivity contribution in [2.75, 3.05) is 11.3 Å². The Hall–Kier alpha value is -2.31. The highest BCUT2D eigenvalue weighted by Crippen LogP contribution is 1.97. The summed E-state index contributed by atoms with van der Waals surface area (Å²) in [5, 5.41) is 11.1. The lowest BCUT2D eigenvalue weighted by atomic mass is 10.5. The van der Waals surface area contributed by atoms with Crippen molar-refractivity contribution in [2.45, 2.75) is 0 Å². The second-order valence-electron chi connectivity index (χ2n) is 2.45. The highest BCUT2D eigenvalue weighted by Gasteiger charge is 1.96. The van der Waals surface area contributed by atoms with E-state index in [4.69, 9.17) is 10.3 Å². The van der Waals surface area contributed by atoms with Crippen molar-refractivity contribution in [2.24, 2.45) is 5.10 Å². The Balaban J connectivity index is 1.98. The van der Waals surface area contributed by atoms with Gasteiger partial charge in [-0.3, -0.25) is 0 Å². The van der Waals surface area contributed by atoms with Gasteiger partial charge in [0.15, 0.2) is 0 Å². The summed E-state index contributed by atoms with van der Waals surface area (Å²) in [7, 11) is 0. The maximum Gasteiger partial charge on any atom is 0.263 e. The number of hydrogen-bond donors (Lipinski definition) is 2. The van der Waals surface area contributed by atoms with E-state index >= 15 is 0 Å². The summed E-state index contributed by atoms with van der Waals surface area (Å²) >= 11 is 0. The van der Waals surface area contributed by atoms with Gasteiger partial charge in [-0.2, -0.15) is 5.10 Å². The molecule has 0 bridgehead atoms. The summed E-state index contributed by atoms with van der Waals surface area (Å²) in [6.45, 7) is 0. The monoisotopic (exact) mass is 192 g/mol. The van der Waals surface area contributed by atoms with Crippen molar-refractivity contribution in [1.82, 2.24) is 14.9 Å². The largest absolute Gasteiger partial charge is 0.463 e. The first-order valence-electron chi connectivity index (χ1n) is 3.84. The van der Waals surface area contributed by atoms with Crippen LogP contribution >= 0.6 is 0 Å². The van der Waals surface area contributed by atoms with E-state index < -0.39 is 0 Å². The number of aromatic nitrogens is 3. The summed E-state index contributed by atoms with van der Waals surface area (Å²) in [5.74, 6) is 6.43. The van der Waals surface area contributed by atoms with E-state index in [-0.39, 0.29) is 0 Å². The molecular formula is C7H8N6O. The molecule has 7 heteroatoms. The molecule has 0 aliphatic heterocycles. The highest BCUT2D eigenvalue weighted by atomic mass is 16.3. The van der Waals surface area contributed by atoms with E-state index in [1.807, 2.05) is 0 Å². The van der Waals surface area contributed by atoms with Crippen LogP contribution in [0.15, 0.2) is 34.2 Å². The van der Waals surface area contributed by atoms with Gasteiger partial charge in [0.2, 0.25) is 0 Å².